The summed E-state index contributed by atoms with van der Waals surface area (Å²) in [5.41, 5.74) is 14.3. The van der Waals surface area contributed by atoms with Crippen LogP contribution in [0.25, 0.3) is 77.2 Å². The molecule has 10 aromatic rings. The second-order valence-corrected chi connectivity index (χ2v) is 13.7. The predicted molar refractivity (Wildman–Crippen MR) is 228 cm³/mol. The molecule has 1 heterocycles. The third kappa shape index (κ3) is 5.71. The van der Waals surface area contributed by atoms with E-state index < -0.39 is 0 Å². The van der Waals surface area contributed by atoms with Crippen LogP contribution in [0.2, 0.25) is 0 Å². The summed E-state index contributed by atoms with van der Waals surface area (Å²) < 4.78 is 6.73. The van der Waals surface area contributed by atoms with E-state index in [0.717, 1.165) is 55.7 Å². The first-order valence-electron chi connectivity index (χ1n) is 18.4. The molecular formula is C52H35NO. The zero-order valence-corrected chi connectivity index (χ0v) is 29.6. The van der Waals surface area contributed by atoms with Gasteiger partial charge in [-0.3, -0.25) is 0 Å². The van der Waals surface area contributed by atoms with Gasteiger partial charge in [-0.25, -0.2) is 0 Å². The molecule has 0 aliphatic heterocycles. The molecule has 0 N–H and O–H groups in total. The van der Waals surface area contributed by atoms with Crippen molar-refractivity contribution >= 4 is 49.8 Å². The molecule has 0 aliphatic carbocycles. The van der Waals surface area contributed by atoms with E-state index in [4.69, 9.17) is 4.42 Å². The van der Waals surface area contributed by atoms with Crippen molar-refractivity contribution in [2.45, 2.75) is 0 Å². The van der Waals surface area contributed by atoms with Gasteiger partial charge in [0.2, 0.25) is 0 Å². The Labute approximate surface area is 314 Å². The monoisotopic (exact) mass is 689 g/mol. The number of fused-ring (bicyclic) bond motifs is 4. The van der Waals surface area contributed by atoms with Crippen LogP contribution in [0.1, 0.15) is 0 Å². The van der Waals surface area contributed by atoms with E-state index in [2.05, 4.69) is 211 Å². The summed E-state index contributed by atoms with van der Waals surface area (Å²) in [6.07, 6.45) is 0. The van der Waals surface area contributed by atoms with Crippen LogP contribution in [0.5, 0.6) is 0 Å². The molecule has 0 fully saturated rings. The summed E-state index contributed by atoms with van der Waals surface area (Å²) in [4.78, 5) is 2.38. The molecule has 0 atom stereocenters. The molecule has 0 spiro atoms. The number of furan rings is 1. The van der Waals surface area contributed by atoms with Crippen LogP contribution >= 0.6 is 0 Å². The van der Waals surface area contributed by atoms with Crippen LogP contribution in [-0.4, -0.2) is 0 Å². The van der Waals surface area contributed by atoms with Crippen LogP contribution < -0.4 is 4.90 Å². The van der Waals surface area contributed by atoms with E-state index in [1.807, 2.05) is 6.07 Å². The van der Waals surface area contributed by atoms with Gasteiger partial charge in [-0.05, 0) is 98.2 Å². The van der Waals surface area contributed by atoms with E-state index >= 15 is 0 Å². The van der Waals surface area contributed by atoms with Gasteiger partial charge in [0.1, 0.15) is 11.2 Å². The minimum absolute atomic E-state index is 0.872. The summed E-state index contributed by atoms with van der Waals surface area (Å²) in [7, 11) is 0. The Morgan fingerprint density at radius 2 is 0.889 bits per heavy atom. The van der Waals surface area contributed by atoms with Crippen LogP contribution in [0.4, 0.5) is 17.1 Å². The molecule has 254 valence electrons. The number of para-hydroxylation sites is 1. The summed E-state index contributed by atoms with van der Waals surface area (Å²) in [5, 5.41) is 4.64. The minimum Gasteiger partial charge on any atom is -0.455 e. The number of hydrogen-bond donors (Lipinski definition) is 0. The van der Waals surface area contributed by atoms with E-state index in [1.54, 1.807) is 0 Å². The number of anilines is 3. The lowest BCUT2D eigenvalue weighted by molar-refractivity contribution is 0.670. The van der Waals surface area contributed by atoms with Crippen LogP contribution in [0.3, 0.4) is 0 Å². The number of hydrogen-bond acceptors (Lipinski definition) is 2. The van der Waals surface area contributed by atoms with Crippen LogP contribution in [-0.2, 0) is 0 Å². The van der Waals surface area contributed by atoms with Crippen LogP contribution in [0, 0.1) is 0 Å². The highest BCUT2D eigenvalue weighted by Crippen LogP contribution is 2.46. The highest BCUT2D eigenvalue weighted by Gasteiger charge is 2.22. The maximum atomic E-state index is 6.73. The molecular weight excluding hydrogens is 655 g/mol. The maximum Gasteiger partial charge on any atom is 0.145 e. The van der Waals surface area contributed by atoms with Crippen molar-refractivity contribution in [2.75, 3.05) is 4.90 Å². The SMILES string of the molecule is c1ccc(-c2ccc(-c3ccc(N(c4cccc(-c5ccc6ccccc6c5)c4)c4ccc(-c5ccccc5)c5oc6ccccc6c45)cc3)cc2)cc1. The van der Waals surface area contributed by atoms with Gasteiger partial charge in [0.05, 0.1) is 11.1 Å². The third-order valence-corrected chi connectivity index (χ3v) is 10.5. The van der Waals surface area contributed by atoms with Gasteiger partial charge in [-0.15, -0.1) is 0 Å². The smallest absolute Gasteiger partial charge is 0.145 e. The van der Waals surface area contributed by atoms with Gasteiger partial charge in [-0.2, -0.15) is 0 Å². The molecule has 0 aliphatic rings. The molecule has 0 amide bonds. The molecule has 54 heavy (non-hydrogen) atoms. The van der Waals surface area contributed by atoms with Crippen LogP contribution in [0.15, 0.2) is 217 Å². The van der Waals surface area contributed by atoms with E-state index in [0.29, 0.717) is 0 Å². The summed E-state index contributed by atoms with van der Waals surface area (Å²) in [5.74, 6) is 0. The lowest BCUT2D eigenvalue weighted by Gasteiger charge is -2.27. The van der Waals surface area contributed by atoms with Crippen molar-refractivity contribution in [1.82, 2.24) is 0 Å². The van der Waals surface area contributed by atoms with Gasteiger partial charge in [-0.1, -0.05) is 164 Å². The molecule has 9 aromatic carbocycles. The minimum atomic E-state index is 0.872. The normalized spacial score (nSPS) is 11.3. The lowest BCUT2D eigenvalue weighted by Crippen LogP contribution is -2.10. The number of nitrogens with zero attached hydrogens (tertiary/aromatic N) is 1. The highest BCUT2D eigenvalue weighted by atomic mass is 16.3. The van der Waals surface area contributed by atoms with Crippen molar-refractivity contribution in [3.63, 3.8) is 0 Å². The zero-order valence-electron chi connectivity index (χ0n) is 29.6. The highest BCUT2D eigenvalue weighted by molar-refractivity contribution is 6.17. The fourth-order valence-corrected chi connectivity index (χ4v) is 7.75. The van der Waals surface area contributed by atoms with Crippen molar-refractivity contribution in [1.29, 1.82) is 0 Å². The fourth-order valence-electron chi connectivity index (χ4n) is 7.75. The Kier molecular flexibility index (Phi) is 7.85. The topological polar surface area (TPSA) is 16.4 Å². The molecule has 0 saturated carbocycles. The van der Waals surface area contributed by atoms with Gasteiger partial charge in [0.25, 0.3) is 0 Å². The maximum absolute atomic E-state index is 6.73. The molecule has 0 bridgehead atoms. The molecule has 0 radical (unpaired) electrons. The van der Waals surface area contributed by atoms with Crippen molar-refractivity contribution in [3.05, 3.63) is 212 Å². The Balaban J connectivity index is 1.14. The average Bonchev–Trinajstić information content (AvgIpc) is 3.65. The predicted octanol–water partition coefficient (Wildman–Crippen LogP) is 14.9. The average molecular weight is 690 g/mol. The quantitative estimate of drug-likeness (QED) is 0.166. The second-order valence-electron chi connectivity index (χ2n) is 13.7. The van der Waals surface area contributed by atoms with E-state index in [9.17, 15) is 0 Å². The summed E-state index contributed by atoms with van der Waals surface area (Å²) >= 11 is 0. The standard InChI is InChI=1S/C52H35NO/c1-3-12-36(13-4-1)38-22-24-39(25-23-38)40-28-30-45(31-29-40)53(46-19-11-18-43(35-46)44-27-26-37-14-7-8-17-42(37)34-44)49-33-32-47(41-15-5-2-6-16-41)52-51(49)48-20-9-10-21-50(48)54-52/h1-35H. The first kappa shape index (κ1) is 31.6. The lowest BCUT2D eigenvalue weighted by atomic mass is 9.98. The first-order valence-corrected chi connectivity index (χ1v) is 18.4. The van der Waals surface area contributed by atoms with Crippen molar-refractivity contribution in [2.24, 2.45) is 0 Å². The Hall–Kier alpha value is -7.16. The van der Waals surface area contributed by atoms with Gasteiger partial charge >= 0.3 is 0 Å². The van der Waals surface area contributed by atoms with Crippen molar-refractivity contribution < 1.29 is 4.42 Å². The second kappa shape index (κ2) is 13.4. The van der Waals surface area contributed by atoms with Gasteiger partial charge < -0.3 is 9.32 Å². The van der Waals surface area contributed by atoms with E-state index in [-0.39, 0.29) is 0 Å². The largest absolute Gasteiger partial charge is 0.455 e. The van der Waals surface area contributed by atoms with E-state index in [1.165, 1.54) is 38.6 Å². The first-order chi connectivity index (χ1) is 26.8. The molecule has 0 saturated heterocycles. The Morgan fingerprint density at radius 3 is 1.63 bits per heavy atom. The molecule has 2 heteroatoms. The third-order valence-electron chi connectivity index (χ3n) is 10.5. The summed E-state index contributed by atoms with van der Waals surface area (Å²) in [6, 6.07) is 75.8. The molecule has 10 rings (SSSR count). The zero-order chi connectivity index (χ0) is 35.8. The summed E-state index contributed by atoms with van der Waals surface area (Å²) in [6.45, 7) is 0. The Morgan fingerprint density at radius 1 is 0.333 bits per heavy atom. The molecule has 0 unspecified atom stereocenters. The van der Waals surface area contributed by atoms with Gasteiger partial charge in [0, 0.05) is 22.3 Å². The molecule has 1 aromatic heterocycles. The fraction of sp³-hybridized carbons (Fsp3) is 0. The van der Waals surface area contributed by atoms with Gasteiger partial charge in [0.15, 0.2) is 0 Å². The van der Waals surface area contributed by atoms with Crippen molar-refractivity contribution in [3.8, 4) is 44.5 Å². The Bertz CT molecular complexity index is 2910. The number of benzene rings is 9. The molecule has 2 nitrogen and oxygen atoms in total. The number of rotatable bonds is 7.